The van der Waals surface area contributed by atoms with Crippen molar-refractivity contribution in [2.75, 3.05) is 0 Å². The summed E-state index contributed by atoms with van der Waals surface area (Å²) in [7, 11) is -7.25. The van der Waals surface area contributed by atoms with E-state index in [1.54, 1.807) is 49.4 Å². The minimum atomic E-state index is -4.03. The third kappa shape index (κ3) is 6.87. The van der Waals surface area contributed by atoms with E-state index in [4.69, 9.17) is 4.55 Å². The van der Waals surface area contributed by atoms with Gasteiger partial charge in [-0.15, -0.1) is 0 Å². The summed E-state index contributed by atoms with van der Waals surface area (Å²) in [5, 5.41) is 0. The number of hydrogen-bond donors (Lipinski definition) is 1. The lowest BCUT2D eigenvalue weighted by Gasteiger charge is -1.99. The number of rotatable bonds is 3. The van der Waals surface area contributed by atoms with Crippen LogP contribution < -0.4 is 0 Å². The summed E-state index contributed by atoms with van der Waals surface area (Å²) in [6, 6.07) is 13.1. The number of halogens is 2. The lowest BCUT2D eigenvalue weighted by molar-refractivity contribution is 0.482. The molecule has 0 aliphatic carbocycles. The molecule has 0 saturated carbocycles. The van der Waals surface area contributed by atoms with Gasteiger partial charge in [-0.3, -0.25) is 4.55 Å². The van der Waals surface area contributed by atoms with E-state index in [0.717, 1.165) is 9.99 Å². The minimum absolute atomic E-state index is 0.0278. The maximum absolute atomic E-state index is 10.9. The molecule has 2 rings (SSSR count). The Morgan fingerprint density at radius 3 is 1.87 bits per heavy atom. The predicted octanol–water partition coefficient (Wildman–Crippen LogP) is 3.95. The molecular formula is C14H14BrIO5S2. The van der Waals surface area contributed by atoms with Crippen molar-refractivity contribution >= 4 is 55.8 Å². The third-order valence-corrected chi connectivity index (χ3v) is 6.58. The molecule has 0 atom stereocenters. The molecule has 1 N–H and O–H groups in total. The lowest BCUT2D eigenvalue weighted by Crippen LogP contribution is -1.99. The molecule has 0 radical (unpaired) electrons. The summed E-state index contributed by atoms with van der Waals surface area (Å²) in [5.74, 6) is 0. The molecule has 126 valence electrons. The topological polar surface area (TPSA) is 88.5 Å². The van der Waals surface area contributed by atoms with Gasteiger partial charge in [0.15, 0.2) is 0 Å². The molecule has 2 aromatic rings. The molecule has 2 aromatic carbocycles. The number of hydrogen-bond acceptors (Lipinski definition) is 4. The smallest absolute Gasteiger partial charge is 0.282 e. The highest BCUT2D eigenvalue weighted by Gasteiger charge is 2.10. The zero-order valence-corrected chi connectivity index (χ0v) is 17.4. The van der Waals surface area contributed by atoms with Crippen LogP contribution in [-0.2, 0) is 22.8 Å². The van der Waals surface area contributed by atoms with Crippen LogP contribution in [0.4, 0.5) is 0 Å². The summed E-state index contributed by atoms with van der Waals surface area (Å²) in [5.41, 5.74) is 1.67. The normalized spacial score (nSPS) is 11.5. The number of benzene rings is 2. The second-order valence-corrected chi connectivity index (χ2v) is 10.5. The fraction of sp³-hybridized carbons (Fsp3) is 0.143. The van der Waals surface area contributed by atoms with E-state index in [1.165, 1.54) is 6.07 Å². The van der Waals surface area contributed by atoms with Crippen molar-refractivity contribution in [3.05, 3.63) is 59.7 Å². The zero-order chi connectivity index (χ0) is 17.7. The summed E-state index contributed by atoms with van der Waals surface area (Å²) >= 11 is 4.83. The molecule has 0 heterocycles. The van der Waals surface area contributed by atoms with E-state index in [9.17, 15) is 16.8 Å². The maximum atomic E-state index is 10.9. The van der Waals surface area contributed by atoms with Crippen LogP contribution in [-0.4, -0.2) is 21.4 Å². The maximum Gasteiger partial charge on any atom is 0.294 e. The first kappa shape index (κ1) is 20.6. The van der Waals surface area contributed by atoms with Crippen LogP contribution in [0.15, 0.2) is 58.3 Å². The lowest BCUT2D eigenvalue weighted by atomic mass is 10.2. The Morgan fingerprint density at radius 1 is 1.00 bits per heavy atom. The summed E-state index contributed by atoms with van der Waals surface area (Å²) in [4.78, 5) is 0.274. The van der Waals surface area contributed by atoms with Crippen molar-refractivity contribution < 1.29 is 21.4 Å². The van der Waals surface area contributed by atoms with Crippen molar-refractivity contribution in [3.8, 4) is 0 Å². The second kappa shape index (κ2) is 8.56. The second-order valence-electron chi connectivity index (χ2n) is 4.46. The summed E-state index contributed by atoms with van der Waals surface area (Å²) < 4.78 is 52.6. The fourth-order valence-electron chi connectivity index (χ4n) is 1.59. The Hall–Kier alpha value is -0.490. The Balaban J connectivity index is 0.000000231. The third-order valence-electron chi connectivity index (χ3n) is 2.73. The average molecular weight is 533 g/mol. The Morgan fingerprint density at radius 2 is 1.52 bits per heavy atom. The molecular weight excluding hydrogens is 519 g/mol. The first-order valence-corrected chi connectivity index (χ1v) is 12.5. The van der Waals surface area contributed by atoms with Gasteiger partial charge in [0.1, 0.15) is 0 Å². The van der Waals surface area contributed by atoms with E-state index in [2.05, 4.69) is 37.4 Å². The molecule has 0 fully saturated rings. The fourth-order valence-corrected chi connectivity index (χ4v) is 3.93. The largest absolute Gasteiger partial charge is 0.294 e. The molecule has 0 bridgehead atoms. The molecule has 0 amide bonds. The molecule has 0 unspecified atom stereocenters. The van der Waals surface area contributed by atoms with E-state index in [0.29, 0.717) is 10.5 Å². The standard InChI is InChI=1S/C7H6BrIO2S.C7H8O3S/c8-12(10,11)7-3-1-6(5-9)2-4-7;1-6-4-2-3-5-7(6)11(8,9)10/h1-4H,5H2;2-5H,1H3,(H,8,9,10). The molecule has 0 saturated heterocycles. The Labute approximate surface area is 157 Å². The van der Waals surface area contributed by atoms with Gasteiger partial charge in [0.2, 0.25) is 8.27 Å². The van der Waals surface area contributed by atoms with Gasteiger partial charge in [-0.2, -0.15) is 8.42 Å². The van der Waals surface area contributed by atoms with E-state index in [-0.39, 0.29) is 4.90 Å². The van der Waals surface area contributed by atoms with Crippen LogP contribution in [0.1, 0.15) is 11.1 Å². The van der Waals surface area contributed by atoms with Crippen LogP contribution in [0.2, 0.25) is 0 Å². The average Bonchev–Trinajstić information content (AvgIpc) is 2.46. The Kier molecular flexibility index (Phi) is 7.65. The van der Waals surface area contributed by atoms with Gasteiger partial charge in [-0.1, -0.05) is 52.9 Å². The summed E-state index contributed by atoms with van der Waals surface area (Å²) in [6.45, 7) is 1.63. The quantitative estimate of drug-likeness (QED) is 0.280. The van der Waals surface area contributed by atoms with E-state index < -0.39 is 18.4 Å². The monoisotopic (exact) mass is 532 g/mol. The highest BCUT2D eigenvalue weighted by Crippen LogP contribution is 2.18. The molecule has 5 nitrogen and oxygen atoms in total. The van der Waals surface area contributed by atoms with Gasteiger partial charge in [-0.05, 0) is 36.2 Å². The van der Waals surface area contributed by atoms with Crippen molar-refractivity contribution in [3.63, 3.8) is 0 Å². The van der Waals surface area contributed by atoms with Crippen molar-refractivity contribution in [1.82, 2.24) is 0 Å². The SMILES string of the molecule is Cc1ccccc1S(=O)(=O)O.O=S(=O)(Br)c1ccc(CI)cc1. The van der Waals surface area contributed by atoms with Gasteiger partial charge in [0, 0.05) is 4.43 Å². The van der Waals surface area contributed by atoms with Gasteiger partial charge < -0.3 is 0 Å². The molecule has 0 aliphatic heterocycles. The van der Waals surface area contributed by atoms with Crippen LogP contribution in [0.5, 0.6) is 0 Å². The highest BCUT2D eigenvalue weighted by molar-refractivity contribution is 14.1. The van der Waals surface area contributed by atoms with Gasteiger partial charge >= 0.3 is 0 Å². The predicted molar refractivity (Wildman–Crippen MR) is 101 cm³/mol. The van der Waals surface area contributed by atoms with Gasteiger partial charge in [0.05, 0.1) is 24.6 Å². The van der Waals surface area contributed by atoms with Crippen LogP contribution in [0.25, 0.3) is 0 Å². The molecule has 0 aliphatic rings. The first-order chi connectivity index (χ1) is 10.6. The molecule has 9 heteroatoms. The van der Waals surface area contributed by atoms with Crippen molar-refractivity contribution in [1.29, 1.82) is 0 Å². The molecule has 0 aromatic heterocycles. The van der Waals surface area contributed by atoms with E-state index >= 15 is 0 Å². The zero-order valence-electron chi connectivity index (χ0n) is 12.0. The first-order valence-electron chi connectivity index (χ1n) is 6.18. The summed E-state index contributed by atoms with van der Waals surface area (Å²) in [6.07, 6.45) is 0. The van der Waals surface area contributed by atoms with E-state index in [1.807, 2.05) is 0 Å². The molecule has 23 heavy (non-hydrogen) atoms. The van der Waals surface area contributed by atoms with Crippen LogP contribution in [0, 0.1) is 6.92 Å². The number of aryl methyl sites for hydroxylation is 1. The Bertz CT molecular complexity index is 862. The number of alkyl halides is 1. The highest BCUT2D eigenvalue weighted by atomic mass is 127. The van der Waals surface area contributed by atoms with Crippen molar-refractivity contribution in [2.24, 2.45) is 0 Å². The van der Waals surface area contributed by atoms with Crippen LogP contribution >= 0.6 is 37.4 Å². The van der Waals surface area contributed by atoms with Gasteiger partial charge in [-0.25, -0.2) is 8.42 Å². The van der Waals surface area contributed by atoms with Crippen LogP contribution in [0.3, 0.4) is 0 Å². The van der Waals surface area contributed by atoms with Crippen molar-refractivity contribution in [2.45, 2.75) is 21.1 Å². The molecule has 0 spiro atoms. The minimum Gasteiger partial charge on any atom is -0.282 e. The van der Waals surface area contributed by atoms with Gasteiger partial charge in [0.25, 0.3) is 10.1 Å².